The summed E-state index contributed by atoms with van der Waals surface area (Å²) >= 11 is 0. The molecule has 17 heavy (non-hydrogen) atoms. The van der Waals surface area contributed by atoms with Gasteiger partial charge in [0.05, 0.1) is 0 Å². The zero-order valence-corrected chi connectivity index (χ0v) is 12.0. The molecule has 2 N–H and O–H groups in total. The van der Waals surface area contributed by atoms with E-state index in [-0.39, 0.29) is 0 Å². The molecule has 1 unspecified atom stereocenters. The molecule has 1 atom stereocenters. The van der Waals surface area contributed by atoms with Gasteiger partial charge in [-0.15, -0.1) is 0 Å². The molecule has 0 saturated carbocycles. The second kappa shape index (κ2) is 8.06. The monoisotopic (exact) mass is 241 g/mol. The Hall–Kier alpha value is -0.120. The molecule has 3 nitrogen and oxygen atoms in total. The molecule has 0 aromatic rings. The van der Waals surface area contributed by atoms with Crippen molar-refractivity contribution in [3.63, 3.8) is 0 Å². The van der Waals surface area contributed by atoms with Crippen LogP contribution in [0.3, 0.4) is 0 Å². The summed E-state index contributed by atoms with van der Waals surface area (Å²) in [7, 11) is 0. The molecule has 0 radical (unpaired) electrons. The van der Waals surface area contributed by atoms with Gasteiger partial charge in [0.25, 0.3) is 0 Å². The van der Waals surface area contributed by atoms with E-state index >= 15 is 0 Å². The highest BCUT2D eigenvalue weighted by atomic mass is 15.3. The summed E-state index contributed by atoms with van der Waals surface area (Å²) in [5, 5.41) is 0. The van der Waals surface area contributed by atoms with Crippen molar-refractivity contribution in [2.75, 3.05) is 39.3 Å². The van der Waals surface area contributed by atoms with Crippen LogP contribution in [0.25, 0.3) is 0 Å². The van der Waals surface area contributed by atoms with Crippen molar-refractivity contribution in [2.45, 2.75) is 46.1 Å². The average Bonchev–Trinajstić information content (AvgIpc) is 2.39. The third kappa shape index (κ3) is 4.57. The lowest BCUT2D eigenvalue weighted by Crippen LogP contribution is -2.52. The summed E-state index contributed by atoms with van der Waals surface area (Å²) in [5.74, 6) is 0.887. The van der Waals surface area contributed by atoms with E-state index in [0.717, 1.165) is 12.5 Å². The summed E-state index contributed by atoms with van der Waals surface area (Å²) in [6.45, 7) is 13.8. The molecule has 0 aromatic carbocycles. The first-order valence-electron chi connectivity index (χ1n) is 7.41. The van der Waals surface area contributed by atoms with E-state index in [0.29, 0.717) is 6.04 Å². The fourth-order valence-electron chi connectivity index (χ4n) is 2.80. The molecule has 3 heteroatoms. The van der Waals surface area contributed by atoms with E-state index in [1.54, 1.807) is 0 Å². The molecule has 0 aromatic heterocycles. The van der Waals surface area contributed by atoms with Gasteiger partial charge in [0, 0.05) is 45.3 Å². The van der Waals surface area contributed by atoms with Gasteiger partial charge in [0.1, 0.15) is 0 Å². The molecule has 1 rings (SSSR count). The van der Waals surface area contributed by atoms with Crippen LogP contribution in [0.15, 0.2) is 0 Å². The lowest BCUT2D eigenvalue weighted by atomic mass is 10.0. The summed E-state index contributed by atoms with van der Waals surface area (Å²) < 4.78 is 0. The van der Waals surface area contributed by atoms with Gasteiger partial charge in [0.15, 0.2) is 0 Å². The van der Waals surface area contributed by atoms with Crippen LogP contribution in [0.4, 0.5) is 0 Å². The first kappa shape index (κ1) is 14.9. The molecule has 1 aliphatic heterocycles. The van der Waals surface area contributed by atoms with Gasteiger partial charge >= 0.3 is 0 Å². The van der Waals surface area contributed by atoms with Gasteiger partial charge in [-0.25, -0.2) is 0 Å². The van der Waals surface area contributed by atoms with Gasteiger partial charge in [-0.2, -0.15) is 0 Å². The normalized spacial score (nSPS) is 21.0. The Balaban J connectivity index is 2.30. The maximum absolute atomic E-state index is 5.82. The number of nitrogens with two attached hydrogens (primary N) is 1. The molecule has 1 aliphatic rings. The van der Waals surface area contributed by atoms with Gasteiger partial charge < -0.3 is 10.6 Å². The summed E-state index contributed by atoms with van der Waals surface area (Å²) in [5.41, 5.74) is 5.82. The molecule has 0 spiro atoms. The van der Waals surface area contributed by atoms with E-state index in [1.807, 2.05) is 0 Å². The van der Waals surface area contributed by atoms with Gasteiger partial charge in [0.2, 0.25) is 0 Å². The van der Waals surface area contributed by atoms with Crippen molar-refractivity contribution in [1.82, 2.24) is 9.80 Å². The van der Waals surface area contributed by atoms with E-state index in [2.05, 4.69) is 30.6 Å². The Bertz CT molecular complexity index is 180. The quantitative estimate of drug-likeness (QED) is 0.737. The third-order valence-electron chi connectivity index (χ3n) is 4.34. The van der Waals surface area contributed by atoms with Crippen LogP contribution < -0.4 is 5.73 Å². The molecule has 102 valence electrons. The van der Waals surface area contributed by atoms with Gasteiger partial charge in [-0.3, -0.25) is 4.90 Å². The molecule has 0 bridgehead atoms. The highest BCUT2D eigenvalue weighted by molar-refractivity contribution is 4.79. The lowest BCUT2D eigenvalue weighted by molar-refractivity contribution is 0.0856. The number of hydrogen-bond acceptors (Lipinski definition) is 3. The summed E-state index contributed by atoms with van der Waals surface area (Å²) in [4.78, 5) is 5.21. The van der Waals surface area contributed by atoms with E-state index in [9.17, 15) is 0 Å². The molecule has 0 amide bonds. The number of hydrogen-bond donors (Lipinski definition) is 1. The van der Waals surface area contributed by atoms with Crippen LogP contribution in [-0.2, 0) is 0 Å². The van der Waals surface area contributed by atoms with E-state index in [1.165, 1.54) is 52.0 Å². The van der Waals surface area contributed by atoms with Crippen LogP contribution in [0.2, 0.25) is 0 Å². The third-order valence-corrected chi connectivity index (χ3v) is 4.34. The SMILES string of the molecule is CCC(CC)CN1CCN(C(CC)CN)CC1. The Morgan fingerprint density at radius 3 is 1.94 bits per heavy atom. The molecule has 1 heterocycles. The lowest BCUT2D eigenvalue weighted by Gasteiger charge is -2.39. The first-order chi connectivity index (χ1) is 8.24. The van der Waals surface area contributed by atoms with E-state index < -0.39 is 0 Å². The fraction of sp³-hybridized carbons (Fsp3) is 1.00. The molecule has 1 saturated heterocycles. The predicted octanol–water partition coefficient (Wildman–Crippen LogP) is 1.78. The average molecular weight is 241 g/mol. The van der Waals surface area contributed by atoms with Gasteiger partial charge in [-0.1, -0.05) is 33.6 Å². The summed E-state index contributed by atoms with van der Waals surface area (Å²) in [6.07, 6.45) is 3.82. The van der Waals surface area contributed by atoms with Crippen molar-refractivity contribution < 1.29 is 0 Å². The highest BCUT2D eigenvalue weighted by Crippen LogP contribution is 2.13. The zero-order chi connectivity index (χ0) is 12.7. The van der Waals surface area contributed by atoms with Crippen molar-refractivity contribution in [3.05, 3.63) is 0 Å². The smallest absolute Gasteiger partial charge is 0.0216 e. The van der Waals surface area contributed by atoms with Crippen molar-refractivity contribution in [1.29, 1.82) is 0 Å². The standard InChI is InChI=1S/C14H31N3/c1-4-13(5-2)12-16-7-9-17(10-8-16)14(6-3)11-15/h13-14H,4-12,15H2,1-3H3. The minimum Gasteiger partial charge on any atom is -0.329 e. The number of piperazine rings is 1. The Morgan fingerprint density at radius 1 is 0.941 bits per heavy atom. The first-order valence-corrected chi connectivity index (χ1v) is 7.41. The second-order valence-electron chi connectivity index (χ2n) is 5.32. The largest absolute Gasteiger partial charge is 0.329 e. The minimum atomic E-state index is 0.602. The highest BCUT2D eigenvalue weighted by Gasteiger charge is 2.22. The van der Waals surface area contributed by atoms with Crippen LogP contribution >= 0.6 is 0 Å². The van der Waals surface area contributed by atoms with Crippen molar-refractivity contribution >= 4 is 0 Å². The topological polar surface area (TPSA) is 32.5 Å². The minimum absolute atomic E-state index is 0.602. The second-order valence-corrected chi connectivity index (χ2v) is 5.32. The maximum Gasteiger partial charge on any atom is 0.0216 e. The Morgan fingerprint density at radius 2 is 1.53 bits per heavy atom. The Labute approximate surface area is 107 Å². The number of nitrogens with zero attached hydrogens (tertiary/aromatic N) is 2. The number of rotatable bonds is 7. The van der Waals surface area contributed by atoms with Crippen LogP contribution in [-0.4, -0.2) is 55.1 Å². The van der Waals surface area contributed by atoms with Crippen molar-refractivity contribution in [3.8, 4) is 0 Å². The molecule has 1 fully saturated rings. The zero-order valence-electron chi connectivity index (χ0n) is 12.0. The molecule has 0 aliphatic carbocycles. The van der Waals surface area contributed by atoms with Crippen LogP contribution in [0, 0.1) is 5.92 Å². The fourth-order valence-corrected chi connectivity index (χ4v) is 2.80. The predicted molar refractivity (Wildman–Crippen MR) is 75.2 cm³/mol. The van der Waals surface area contributed by atoms with Crippen molar-refractivity contribution in [2.24, 2.45) is 11.7 Å². The molecular formula is C14H31N3. The maximum atomic E-state index is 5.82. The van der Waals surface area contributed by atoms with E-state index in [4.69, 9.17) is 5.73 Å². The Kier molecular flexibility index (Phi) is 7.09. The van der Waals surface area contributed by atoms with Crippen LogP contribution in [0.1, 0.15) is 40.0 Å². The summed E-state index contributed by atoms with van der Waals surface area (Å²) in [6, 6.07) is 0.602. The molecular weight excluding hydrogens is 210 g/mol. The van der Waals surface area contributed by atoms with Gasteiger partial charge in [-0.05, 0) is 12.3 Å². The van der Waals surface area contributed by atoms with Crippen LogP contribution in [0.5, 0.6) is 0 Å².